The molecule has 0 rings (SSSR count). The average Bonchev–Trinajstić information content (AvgIpc) is 2.56. The van der Waals surface area contributed by atoms with Crippen LogP contribution in [0.2, 0.25) is 69.6 Å². The molecular formula is C16H44B10O2Si4. The van der Waals surface area contributed by atoms with Gasteiger partial charge in [-0.15, -0.1) is 4.74 Å². The van der Waals surface area contributed by atoms with Gasteiger partial charge in [-0.25, -0.2) is 0 Å². The maximum absolute atomic E-state index is 7.10. The maximum atomic E-state index is 7.10. The van der Waals surface area contributed by atoms with Crippen LogP contribution in [-0.4, -0.2) is 106 Å². The van der Waals surface area contributed by atoms with Gasteiger partial charge in [0.1, 0.15) is 0 Å². The third-order valence-electron chi connectivity index (χ3n) is 7.06. The highest BCUT2D eigenvalue weighted by molar-refractivity contribution is 7.65. The van der Waals surface area contributed by atoms with E-state index in [0.29, 0.717) is 19.5 Å². The topological polar surface area (TPSA) is 18.5 Å². The van der Waals surface area contributed by atoms with E-state index in [1.807, 2.05) is 6.92 Å². The second-order valence-electron chi connectivity index (χ2n) is 12.6. The molecule has 0 saturated heterocycles. The van der Waals surface area contributed by atoms with Crippen molar-refractivity contribution in [2.45, 2.75) is 76.5 Å². The van der Waals surface area contributed by atoms with Crippen molar-refractivity contribution in [1.29, 1.82) is 0 Å². The average molecular weight is 489 g/mol. The van der Waals surface area contributed by atoms with Gasteiger partial charge in [-0.05, 0) is 77.7 Å². The molecule has 2 nitrogen and oxygen atoms in total. The summed E-state index contributed by atoms with van der Waals surface area (Å²) in [6.07, 6.45) is 0. The standard InChI is InChI=1S/C16H44B10O2Si4/c1-11-12-13-14-30(5,6)28-31(7,8)15-22-25(20)16(24(18)19,26(21)23-17)32(9,10)27-29(2,3)4/h22-23H,15,17-21H2,1-10H3. The van der Waals surface area contributed by atoms with Gasteiger partial charge < -0.3 is 8.23 Å². The zero-order valence-corrected chi connectivity index (χ0v) is 28.2. The van der Waals surface area contributed by atoms with Crippen molar-refractivity contribution in [3.05, 3.63) is 0 Å². The van der Waals surface area contributed by atoms with E-state index in [-0.39, 0.29) is 4.74 Å². The molecule has 16 heteroatoms. The SMILES string of the molecule is BBB(B)C(B(B)B)(B(B)BC[Si](C)(C)O[Si](C)(C)C#CC#CC)[Si](C)(C)O[Si](C)(C)C. The molecule has 0 saturated carbocycles. The zero-order valence-electron chi connectivity index (χ0n) is 24.2. The van der Waals surface area contributed by atoms with E-state index in [9.17, 15) is 0 Å². The normalized spacial score (nSPS) is 14.1. The predicted octanol–water partition coefficient (Wildman–Crippen LogP) is -2.23. The minimum Gasteiger partial charge on any atom is -0.457 e. The molecule has 0 heterocycles. The van der Waals surface area contributed by atoms with Crippen LogP contribution in [0.15, 0.2) is 0 Å². The molecule has 0 spiro atoms. The van der Waals surface area contributed by atoms with E-state index < -0.39 is 33.3 Å². The molecule has 32 heavy (non-hydrogen) atoms. The molecule has 0 aliphatic rings. The van der Waals surface area contributed by atoms with Crippen LogP contribution in [0.3, 0.4) is 0 Å². The summed E-state index contributed by atoms with van der Waals surface area (Å²) < 4.78 is 14.1. The summed E-state index contributed by atoms with van der Waals surface area (Å²) in [5.41, 5.74) is 3.35. The minimum absolute atomic E-state index is 0.246. The summed E-state index contributed by atoms with van der Waals surface area (Å²) in [7, 11) is 7.19. The zero-order chi connectivity index (χ0) is 25.6. The van der Waals surface area contributed by atoms with Gasteiger partial charge in [0, 0.05) is 13.6 Å². The Balaban J connectivity index is 5.94. The molecule has 0 radical (unpaired) electrons. The van der Waals surface area contributed by atoms with Crippen molar-refractivity contribution in [3.8, 4) is 23.3 Å². The highest BCUT2D eigenvalue weighted by Crippen LogP contribution is 2.44. The first-order chi connectivity index (χ1) is 14.3. The van der Waals surface area contributed by atoms with Gasteiger partial charge in [-0.3, -0.25) is 0 Å². The van der Waals surface area contributed by atoms with Crippen molar-refractivity contribution < 1.29 is 8.23 Å². The molecule has 0 aromatic heterocycles. The van der Waals surface area contributed by atoms with Gasteiger partial charge in [0.25, 0.3) is 8.32 Å². The molecule has 0 fully saturated rings. The van der Waals surface area contributed by atoms with E-state index in [0.717, 1.165) is 0 Å². The largest absolute Gasteiger partial charge is 0.457 e. The van der Waals surface area contributed by atoms with Crippen LogP contribution in [0.25, 0.3) is 0 Å². The van der Waals surface area contributed by atoms with E-state index in [2.05, 4.69) is 121 Å². The Morgan fingerprint density at radius 1 is 0.844 bits per heavy atom. The second kappa shape index (κ2) is 12.5. The van der Waals surface area contributed by atoms with Crippen LogP contribution in [-0.2, 0) is 8.23 Å². The van der Waals surface area contributed by atoms with Gasteiger partial charge in [0.2, 0.25) is 0 Å². The van der Waals surface area contributed by atoms with Crippen LogP contribution < -0.4 is 0 Å². The Kier molecular flexibility index (Phi) is 12.7. The van der Waals surface area contributed by atoms with Crippen LogP contribution in [0, 0.1) is 23.3 Å². The molecule has 0 aromatic carbocycles. The molecule has 166 valence electrons. The van der Waals surface area contributed by atoms with Crippen molar-refractivity contribution in [2.75, 3.05) is 0 Å². The smallest absolute Gasteiger partial charge is 0.257 e. The first-order valence-corrected chi connectivity index (χ1v) is 25.0. The summed E-state index contributed by atoms with van der Waals surface area (Å²) in [5.74, 6) is 9.93. The van der Waals surface area contributed by atoms with Crippen LogP contribution in [0.5, 0.6) is 0 Å². The number of rotatable bonds is 12. The Bertz CT molecular complexity index is 739. The highest BCUT2D eigenvalue weighted by Gasteiger charge is 2.57. The molecular weight excluding hydrogens is 445 g/mol. The predicted molar refractivity (Wildman–Crippen MR) is 181 cm³/mol. The molecule has 0 amide bonds. The Morgan fingerprint density at radius 2 is 1.38 bits per heavy atom. The van der Waals surface area contributed by atoms with Crippen LogP contribution in [0.1, 0.15) is 6.92 Å². The fraction of sp³-hybridized carbons (Fsp3) is 0.750. The molecule has 0 aliphatic heterocycles. The van der Waals surface area contributed by atoms with Gasteiger partial charge in [-0.1, -0.05) is 17.4 Å². The van der Waals surface area contributed by atoms with Crippen molar-refractivity contribution in [2.24, 2.45) is 0 Å². The number of hydrogen-bond donors (Lipinski definition) is 0. The third kappa shape index (κ3) is 9.31. The second-order valence-corrected chi connectivity index (χ2v) is 29.6. The van der Waals surface area contributed by atoms with Crippen LogP contribution in [0.4, 0.5) is 0 Å². The molecule has 0 N–H and O–H groups in total. The lowest BCUT2D eigenvalue weighted by atomic mass is 8.79. The lowest BCUT2D eigenvalue weighted by Gasteiger charge is -2.57. The Morgan fingerprint density at radius 3 is 1.78 bits per heavy atom. The van der Waals surface area contributed by atoms with Crippen LogP contribution >= 0.6 is 0 Å². The minimum atomic E-state index is -2.03. The fourth-order valence-electron chi connectivity index (χ4n) is 6.51. The Hall–Kier alpha value is 0.557. The van der Waals surface area contributed by atoms with Crippen molar-refractivity contribution in [3.63, 3.8) is 0 Å². The van der Waals surface area contributed by atoms with Gasteiger partial charge in [-0.2, -0.15) is 0 Å². The highest BCUT2D eigenvalue weighted by atomic mass is 28.4. The van der Waals surface area contributed by atoms with Crippen molar-refractivity contribution >= 4 is 106 Å². The molecule has 1 atom stereocenters. The lowest BCUT2D eigenvalue weighted by molar-refractivity contribution is 0.547. The third-order valence-corrected chi connectivity index (χ3v) is 21.7. The maximum Gasteiger partial charge on any atom is 0.257 e. The lowest BCUT2D eigenvalue weighted by Crippen LogP contribution is -2.73. The molecule has 0 aliphatic carbocycles. The monoisotopic (exact) mass is 490 g/mol. The van der Waals surface area contributed by atoms with Gasteiger partial charge in [0.15, 0.2) is 25.0 Å². The summed E-state index contributed by atoms with van der Waals surface area (Å²) >= 11 is 0. The summed E-state index contributed by atoms with van der Waals surface area (Å²) in [6.45, 7) is 24.9. The summed E-state index contributed by atoms with van der Waals surface area (Å²) in [5, 5.41) is 0. The first kappa shape index (κ1) is 32.6. The fourth-order valence-corrected chi connectivity index (χ4v) is 25.1. The van der Waals surface area contributed by atoms with E-state index in [1.54, 1.807) is 0 Å². The first-order valence-electron chi connectivity index (χ1n) is 12.6. The van der Waals surface area contributed by atoms with Gasteiger partial charge in [0.05, 0.1) is 58.8 Å². The van der Waals surface area contributed by atoms with E-state index in [4.69, 9.17) is 8.23 Å². The summed E-state index contributed by atoms with van der Waals surface area (Å²) in [4.78, 5) is 0. The quantitative estimate of drug-likeness (QED) is 0.229. The van der Waals surface area contributed by atoms with E-state index in [1.165, 1.54) is 20.2 Å². The summed E-state index contributed by atoms with van der Waals surface area (Å²) in [6, 6.07) is 0. The molecule has 0 bridgehead atoms. The molecule has 0 aromatic rings. The van der Waals surface area contributed by atoms with E-state index >= 15 is 0 Å². The number of hydrogen-bond acceptors (Lipinski definition) is 2. The Labute approximate surface area is 213 Å². The molecule has 1 unspecified atom stereocenters. The van der Waals surface area contributed by atoms with Crippen molar-refractivity contribution in [1.82, 2.24) is 0 Å². The van der Waals surface area contributed by atoms with Gasteiger partial charge >= 0.3 is 0 Å².